The largest absolute Gasteiger partial charge is 0.494 e. The van der Waals surface area contributed by atoms with E-state index in [1.807, 2.05) is 58.0 Å². The van der Waals surface area contributed by atoms with Gasteiger partial charge in [0.25, 0.3) is 0 Å². The zero-order chi connectivity index (χ0) is 27.9. The van der Waals surface area contributed by atoms with Gasteiger partial charge in [-0.1, -0.05) is 54.6 Å². The number of benzene rings is 2. The van der Waals surface area contributed by atoms with E-state index >= 15 is 0 Å². The van der Waals surface area contributed by atoms with Crippen molar-refractivity contribution in [2.75, 3.05) is 6.54 Å². The molecule has 0 spiro atoms. The number of hydrogen-bond acceptors (Lipinski definition) is 7. The second-order valence-corrected chi connectivity index (χ2v) is 10.3. The van der Waals surface area contributed by atoms with Gasteiger partial charge >= 0.3 is 19.2 Å². The molecule has 0 aromatic heterocycles. The van der Waals surface area contributed by atoms with Crippen molar-refractivity contribution in [3.05, 3.63) is 65.7 Å². The highest BCUT2D eigenvalue weighted by Gasteiger charge is 2.51. The minimum Gasteiger partial charge on any atom is -0.480 e. The smallest absolute Gasteiger partial charge is 0.480 e. The van der Waals surface area contributed by atoms with Crippen LogP contribution >= 0.6 is 0 Å². The van der Waals surface area contributed by atoms with Crippen molar-refractivity contribution in [3.63, 3.8) is 0 Å². The number of rotatable bonds is 11. The molecule has 2 amide bonds. The van der Waals surface area contributed by atoms with E-state index in [0.717, 1.165) is 11.0 Å². The van der Waals surface area contributed by atoms with Gasteiger partial charge in [-0.15, -0.1) is 0 Å². The van der Waals surface area contributed by atoms with Crippen LogP contribution in [0, 0.1) is 0 Å². The van der Waals surface area contributed by atoms with Crippen molar-refractivity contribution in [1.82, 2.24) is 10.6 Å². The molecule has 204 valence electrons. The molecule has 3 rings (SSSR count). The van der Waals surface area contributed by atoms with Gasteiger partial charge < -0.3 is 34.9 Å². The lowest BCUT2D eigenvalue weighted by atomic mass is 9.78. The molecule has 1 saturated heterocycles. The van der Waals surface area contributed by atoms with Gasteiger partial charge in [-0.25, -0.2) is 9.59 Å². The van der Waals surface area contributed by atoms with E-state index in [1.165, 1.54) is 0 Å². The summed E-state index contributed by atoms with van der Waals surface area (Å²) in [6, 6.07) is 15.1. The van der Waals surface area contributed by atoms with Gasteiger partial charge in [-0.05, 0) is 44.3 Å². The molecule has 4 N–H and O–H groups in total. The van der Waals surface area contributed by atoms with Crippen LogP contribution < -0.4 is 16.1 Å². The minimum absolute atomic E-state index is 0.0465. The van der Waals surface area contributed by atoms with Gasteiger partial charge in [0.15, 0.2) is 0 Å². The molecule has 0 radical (unpaired) electrons. The number of ether oxygens (including phenoxy) is 1. The molecule has 0 aliphatic carbocycles. The van der Waals surface area contributed by atoms with Gasteiger partial charge in [0, 0.05) is 13.0 Å². The fraction of sp³-hybridized carbons (Fsp3) is 0.444. The summed E-state index contributed by atoms with van der Waals surface area (Å²) in [5.74, 6) is -1.86. The fourth-order valence-electron chi connectivity index (χ4n) is 3.74. The number of carboxylic acids is 1. The van der Waals surface area contributed by atoms with E-state index < -0.39 is 48.4 Å². The number of aliphatic carboxylic acids is 1. The van der Waals surface area contributed by atoms with Crippen LogP contribution in [0.3, 0.4) is 0 Å². The second-order valence-electron chi connectivity index (χ2n) is 10.3. The summed E-state index contributed by atoms with van der Waals surface area (Å²) in [6.07, 6.45) is -2.29. The average Bonchev–Trinajstić information content (AvgIpc) is 3.08. The number of aliphatic hydroxyl groups excluding tert-OH is 1. The Hall–Kier alpha value is -3.41. The predicted molar refractivity (Wildman–Crippen MR) is 141 cm³/mol. The first kappa shape index (κ1) is 29.2. The number of amides is 2. The molecule has 2 aromatic rings. The molecular weight excluding hydrogens is 491 g/mol. The first-order valence-electron chi connectivity index (χ1n) is 12.5. The molecule has 0 unspecified atom stereocenters. The molecule has 0 bridgehead atoms. The van der Waals surface area contributed by atoms with Crippen LogP contribution in [0.1, 0.15) is 45.2 Å². The molecule has 1 aliphatic heterocycles. The number of aliphatic hydroxyl groups is 1. The minimum atomic E-state index is -1.21. The number of carbonyl (C=O) groups is 3. The maximum absolute atomic E-state index is 12.4. The second kappa shape index (κ2) is 12.4. The van der Waals surface area contributed by atoms with Gasteiger partial charge in [-0.2, -0.15) is 0 Å². The summed E-state index contributed by atoms with van der Waals surface area (Å²) in [5, 5.41) is 24.5. The van der Waals surface area contributed by atoms with Crippen molar-refractivity contribution in [1.29, 1.82) is 0 Å². The van der Waals surface area contributed by atoms with Crippen molar-refractivity contribution in [3.8, 4) is 0 Å². The van der Waals surface area contributed by atoms with Crippen LogP contribution in [0.15, 0.2) is 54.6 Å². The summed E-state index contributed by atoms with van der Waals surface area (Å²) in [6.45, 7) is 7.71. The Bertz CT molecular complexity index is 1090. The highest BCUT2D eigenvalue weighted by Crippen LogP contribution is 2.36. The lowest BCUT2D eigenvalue weighted by Crippen LogP contribution is -2.44. The SMILES string of the molecule is CC1(C)OB(c2ccc(C[C@H](NC(=O)C[C@@H](O)CNC(=O)OCc3ccccc3)C(=O)O)cc2)OC1(C)C. The Morgan fingerprint density at radius 2 is 1.55 bits per heavy atom. The predicted octanol–water partition coefficient (Wildman–Crippen LogP) is 1.78. The topological polar surface area (TPSA) is 143 Å². The molecule has 2 aromatic carbocycles. The third kappa shape index (κ3) is 8.05. The van der Waals surface area contributed by atoms with Crippen LogP contribution in [0.2, 0.25) is 0 Å². The van der Waals surface area contributed by atoms with Crippen LogP contribution in [0.25, 0.3) is 0 Å². The summed E-state index contributed by atoms with van der Waals surface area (Å²) in [7, 11) is -0.533. The summed E-state index contributed by atoms with van der Waals surface area (Å²) < 4.78 is 17.1. The number of hydrogen-bond donors (Lipinski definition) is 4. The number of carbonyl (C=O) groups excluding carboxylic acids is 2. The van der Waals surface area contributed by atoms with Crippen LogP contribution in [0.4, 0.5) is 4.79 Å². The average molecular weight is 526 g/mol. The third-order valence-corrected chi connectivity index (χ3v) is 6.69. The van der Waals surface area contributed by atoms with Gasteiger partial charge in [0.2, 0.25) is 5.91 Å². The highest BCUT2D eigenvalue weighted by atomic mass is 16.7. The van der Waals surface area contributed by atoms with E-state index in [0.29, 0.717) is 5.56 Å². The monoisotopic (exact) mass is 526 g/mol. The van der Waals surface area contributed by atoms with Gasteiger partial charge in [0.1, 0.15) is 12.6 Å². The van der Waals surface area contributed by atoms with Crippen molar-refractivity contribution in [2.45, 2.75) is 70.5 Å². The number of alkyl carbamates (subject to hydrolysis) is 1. The Labute approximate surface area is 222 Å². The molecular formula is C27H35BN2O8. The van der Waals surface area contributed by atoms with Gasteiger partial charge in [0.05, 0.1) is 23.7 Å². The van der Waals surface area contributed by atoms with Gasteiger partial charge in [-0.3, -0.25) is 4.79 Å². The Balaban J connectivity index is 1.44. The maximum Gasteiger partial charge on any atom is 0.494 e. The maximum atomic E-state index is 12.4. The number of nitrogens with one attached hydrogen (secondary N) is 2. The van der Waals surface area contributed by atoms with E-state index in [2.05, 4.69) is 10.6 Å². The van der Waals surface area contributed by atoms with Crippen LogP contribution in [0.5, 0.6) is 0 Å². The lowest BCUT2D eigenvalue weighted by Gasteiger charge is -2.32. The van der Waals surface area contributed by atoms with Crippen molar-refractivity contribution >= 4 is 30.6 Å². The van der Waals surface area contributed by atoms with E-state index in [1.54, 1.807) is 24.3 Å². The Kier molecular flexibility index (Phi) is 9.53. The summed E-state index contributed by atoms with van der Waals surface area (Å²) in [5.41, 5.74) is 1.36. The zero-order valence-electron chi connectivity index (χ0n) is 22.1. The number of carboxylic acid groups (broad SMARTS) is 1. The van der Waals surface area contributed by atoms with E-state index in [-0.39, 0.29) is 26.0 Å². The molecule has 0 saturated carbocycles. The molecule has 11 heteroatoms. The standard InChI is InChI=1S/C27H35BN2O8/c1-26(2)27(3,4)38-28(37-26)20-12-10-18(11-13-20)14-22(24(33)34)30-23(32)15-21(31)16-29-25(35)36-17-19-8-6-5-7-9-19/h5-13,21-22,31H,14-17H2,1-4H3,(H,29,35)(H,30,32)(H,33,34)/t21-,22+/m1/s1. The Morgan fingerprint density at radius 1 is 0.947 bits per heavy atom. The first-order valence-corrected chi connectivity index (χ1v) is 12.5. The molecule has 1 heterocycles. The summed E-state index contributed by atoms with van der Waals surface area (Å²) in [4.78, 5) is 35.9. The van der Waals surface area contributed by atoms with E-state index in [9.17, 15) is 24.6 Å². The molecule has 2 atom stereocenters. The zero-order valence-corrected chi connectivity index (χ0v) is 22.1. The highest BCUT2D eigenvalue weighted by molar-refractivity contribution is 6.62. The fourth-order valence-corrected chi connectivity index (χ4v) is 3.74. The quantitative estimate of drug-likeness (QED) is 0.325. The third-order valence-electron chi connectivity index (χ3n) is 6.69. The molecule has 1 fully saturated rings. The molecule has 10 nitrogen and oxygen atoms in total. The van der Waals surface area contributed by atoms with Crippen LogP contribution in [-0.4, -0.2) is 65.2 Å². The van der Waals surface area contributed by atoms with Crippen LogP contribution in [-0.2, 0) is 36.7 Å². The van der Waals surface area contributed by atoms with Crippen molar-refractivity contribution in [2.24, 2.45) is 0 Å². The molecule has 38 heavy (non-hydrogen) atoms. The molecule has 1 aliphatic rings. The summed E-state index contributed by atoms with van der Waals surface area (Å²) >= 11 is 0. The first-order chi connectivity index (χ1) is 17.9. The van der Waals surface area contributed by atoms with Crippen molar-refractivity contribution < 1.29 is 38.6 Å². The normalized spacial score (nSPS) is 17.3. The lowest BCUT2D eigenvalue weighted by molar-refractivity contribution is -0.142. The Morgan fingerprint density at radius 3 is 2.13 bits per heavy atom. The van der Waals surface area contributed by atoms with E-state index in [4.69, 9.17) is 14.0 Å².